The summed E-state index contributed by atoms with van der Waals surface area (Å²) in [5.41, 5.74) is 12.9. The van der Waals surface area contributed by atoms with E-state index in [1.165, 1.54) is 27.1 Å². The normalized spacial score (nSPS) is 11.8. The number of hydrogen-bond donors (Lipinski definition) is 0. The average molecular weight is 805 g/mol. The molecule has 6 heteroatoms. The van der Waals surface area contributed by atoms with Gasteiger partial charge in [-0.2, -0.15) is 9.97 Å². The zero-order valence-electron chi connectivity index (χ0n) is 34.0. The minimum absolute atomic E-state index is 0.556. The molecule has 0 amide bonds. The highest BCUT2D eigenvalue weighted by Gasteiger charge is 2.27. The Kier molecular flexibility index (Phi) is 7.80. The zero-order chi connectivity index (χ0) is 41.4. The number of aromatic nitrogens is 6. The van der Waals surface area contributed by atoms with Crippen LogP contribution in [0, 0.1) is 0 Å². The SMILES string of the molecule is c1ccc(-c2cccc(-n3c4ccccc4c4c5c6ccccc6n(-c6nc(-c7ccccc7)nc(-c7ccccc7)n6)c5cc(-n5c6ccccc6c6ccccc65)c43)c2)cc1. The molecule has 294 valence electrons. The molecule has 4 aromatic heterocycles. The second-order valence-corrected chi connectivity index (χ2v) is 16.0. The fourth-order valence-electron chi connectivity index (χ4n) is 9.78. The Morgan fingerprint density at radius 3 is 1.30 bits per heavy atom. The third-order valence-corrected chi connectivity index (χ3v) is 12.5. The molecule has 0 unspecified atom stereocenters. The quantitative estimate of drug-likeness (QED) is 0.168. The van der Waals surface area contributed by atoms with Crippen LogP contribution in [0.2, 0.25) is 0 Å². The molecule has 0 aliphatic carbocycles. The molecule has 0 radical (unpaired) electrons. The lowest BCUT2D eigenvalue weighted by atomic mass is 10.0. The van der Waals surface area contributed by atoms with E-state index in [0.29, 0.717) is 17.6 Å². The maximum atomic E-state index is 5.33. The van der Waals surface area contributed by atoms with Gasteiger partial charge in [0.25, 0.3) is 0 Å². The van der Waals surface area contributed by atoms with Crippen molar-refractivity contribution in [1.82, 2.24) is 28.7 Å². The fourth-order valence-corrected chi connectivity index (χ4v) is 9.78. The van der Waals surface area contributed by atoms with Crippen LogP contribution in [0.1, 0.15) is 0 Å². The van der Waals surface area contributed by atoms with Crippen LogP contribution in [0.3, 0.4) is 0 Å². The number of para-hydroxylation sites is 4. The smallest absolute Gasteiger partial charge is 0.238 e. The molecule has 0 aliphatic rings. The highest BCUT2D eigenvalue weighted by molar-refractivity contribution is 6.31. The Morgan fingerprint density at radius 1 is 0.286 bits per heavy atom. The second-order valence-electron chi connectivity index (χ2n) is 16.0. The van der Waals surface area contributed by atoms with E-state index in [-0.39, 0.29) is 0 Å². The minimum Gasteiger partial charge on any atom is -0.307 e. The summed E-state index contributed by atoms with van der Waals surface area (Å²) in [6.07, 6.45) is 0. The van der Waals surface area contributed by atoms with Gasteiger partial charge in [-0.1, -0.05) is 176 Å². The van der Waals surface area contributed by atoms with E-state index in [1.54, 1.807) is 0 Å². The van der Waals surface area contributed by atoms with Crippen molar-refractivity contribution < 1.29 is 0 Å². The molecule has 0 atom stereocenters. The molecular weight excluding hydrogens is 769 g/mol. The lowest BCUT2D eigenvalue weighted by Crippen LogP contribution is -2.07. The number of benzene rings is 9. The Morgan fingerprint density at radius 2 is 0.730 bits per heavy atom. The third-order valence-electron chi connectivity index (χ3n) is 12.5. The van der Waals surface area contributed by atoms with Crippen molar-refractivity contribution >= 4 is 65.4 Å². The van der Waals surface area contributed by atoms with Gasteiger partial charge in [0.2, 0.25) is 5.95 Å². The lowest BCUT2D eigenvalue weighted by Gasteiger charge is -2.17. The molecule has 0 spiro atoms. The van der Waals surface area contributed by atoms with E-state index in [4.69, 9.17) is 15.0 Å². The van der Waals surface area contributed by atoms with Gasteiger partial charge >= 0.3 is 0 Å². The number of fused-ring (bicyclic) bond motifs is 10. The summed E-state index contributed by atoms with van der Waals surface area (Å²) in [6, 6.07) is 77.4. The standard InChI is InChI=1S/C57H36N6/c1-4-19-37(20-5-1)40-25-18-26-41(35-40)61-48-33-16-13-30-45(48)53-52-44-29-12-17-34-49(44)63(57-59-55(38-21-6-2-7-22-38)58-56(60-57)39-23-8-3-9-24-39)50(52)36-51(54(53)61)62-46-31-14-10-27-42(46)43-28-11-15-32-47(43)62/h1-36H. The van der Waals surface area contributed by atoms with Crippen molar-refractivity contribution in [2.45, 2.75) is 0 Å². The van der Waals surface area contributed by atoms with E-state index in [1.807, 2.05) is 36.4 Å². The van der Waals surface area contributed by atoms with Crippen molar-refractivity contribution in [2.24, 2.45) is 0 Å². The number of hydrogen-bond acceptors (Lipinski definition) is 3. The van der Waals surface area contributed by atoms with Gasteiger partial charge in [-0.3, -0.25) is 4.57 Å². The largest absolute Gasteiger partial charge is 0.307 e. The van der Waals surface area contributed by atoms with Gasteiger partial charge in [0.1, 0.15) is 0 Å². The minimum atomic E-state index is 0.556. The van der Waals surface area contributed by atoms with Crippen LogP contribution < -0.4 is 0 Å². The molecule has 9 aromatic carbocycles. The fraction of sp³-hybridized carbons (Fsp3) is 0. The van der Waals surface area contributed by atoms with E-state index in [0.717, 1.165) is 71.9 Å². The summed E-state index contributed by atoms with van der Waals surface area (Å²) in [5.74, 6) is 1.79. The Hall–Kier alpha value is -8.61. The number of nitrogens with zero attached hydrogens (tertiary/aromatic N) is 6. The molecule has 0 fully saturated rings. The van der Waals surface area contributed by atoms with Gasteiger partial charge < -0.3 is 9.13 Å². The first-order chi connectivity index (χ1) is 31.3. The van der Waals surface area contributed by atoms with Gasteiger partial charge in [0, 0.05) is 49.1 Å². The molecule has 63 heavy (non-hydrogen) atoms. The van der Waals surface area contributed by atoms with Crippen LogP contribution in [0.5, 0.6) is 0 Å². The van der Waals surface area contributed by atoms with Crippen molar-refractivity contribution in [3.63, 3.8) is 0 Å². The van der Waals surface area contributed by atoms with Crippen molar-refractivity contribution in [3.8, 4) is 51.2 Å². The first-order valence-corrected chi connectivity index (χ1v) is 21.3. The summed E-state index contributed by atoms with van der Waals surface area (Å²) in [6.45, 7) is 0. The van der Waals surface area contributed by atoms with Crippen molar-refractivity contribution in [3.05, 3.63) is 218 Å². The molecular formula is C57H36N6. The molecule has 13 aromatic rings. The molecule has 0 aliphatic heterocycles. The molecule has 0 saturated carbocycles. The molecule has 0 bridgehead atoms. The predicted octanol–water partition coefficient (Wildman–Crippen LogP) is 14.2. The van der Waals surface area contributed by atoms with Gasteiger partial charge in [0.05, 0.1) is 38.8 Å². The van der Waals surface area contributed by atoms with E-state index in [9.17, 15) is 0 Å². The van der Waals surface area contributed by atoms with E-state index >= 15 is 0 Å². The number of rotatable bonds is 6. The maximum Gasteiger partial charge on any atom is 0.238 e. The average Bonchev–Trinajstić information content (AvgIpc) is 4.00. The molecule has 6 nitrogen and oxygen atoms in total. The van der Waals surface area contributed by atoms with Crippen LogP contribution in [0.4, 0.5) is 0 Å². The summed E-state index contributed by atoms with van der Waals surface area (Å²) in [7, 11) is 0. The molecule has 0 saturated heterocycles. The van der Waals surface area contributed by atoms with Crippen molar-refractivity contribution in [1.29, 1.82) is 0 Å². The first-order valence-electron chi connectivity index (χ1n) is 21.3. The van der Waals surface area contributed by atoms with Crippen molar-refractivity contribution in [2.75, 3.05) is 0 Å². The Bertz CT molecular complexity index is 3790. The summed E-state index contributed by atoms with van der Waals surface area (Å²) < 4.78 is 7.19. The first kappa shape index (κ1) is 35.2. The predicted molar refractivity (Wildman–Crippen MR) is 259 cm³/mol. The van der Waals surface area contributed by atoms with Gasteiger partial charge in [-0.25, -0.2) is 4.98 Å². The Balaban J connectivity index is 1.23. The molecule has 4 heterocycles. The summed E-state index contributed by atoms with van der Waals surface area (Å²) in [5, 5.41) is 7.00. The zero-order valence-corrected chi connectivity index (χ0v) is 34.0. The Labute approximate surface area is 362 Å². The monoisotopic (exact) mass is 804 g/mol. The second kappa shape index (κ2) is 14.0. The van der Waals surface area contributed by atoms with Gasteiger partial charge in [-0.05, 0) is 53.6 Å². The highest BCUT2D eigenvalue weighted by Crippen LogP contribution is 2.47. The molecule has 0 N–H and O–H groups in total. The highest BCUT2D eigenvalue weighted by atomic mass is 15.2. The lowest BCUT2D eigenvalue weighted by molar-refractivity contribution is 0.953. The van der Waals surface area contributed by atoms with E-state index in [2.05, 4.69) is 196 Å². The summed E-state index contributed by atoms with van der Waals surface area (Å²) >= 11 is 0. The van der Waals surface area contributed by atoms with Crippen LogP contribution in [-0.2, 0) is 0 Å². The summed E-state index contributed by atoms with van der Waals surface area (Å²) in [4.78, 5) is 15.7. The third kappa shape index (κ3) is 5.41. The maximum absolute atomic E-state index is 5.33. The molecule has 13 rings (SSSR count). The van der Waals surface area contributed by atoms with Gasteiger partial charge in [-0.15, -0.1) is 0 Å². The van der Waals surface area contributed by atoms with Crippen LogP contribution in [0.25, 0.3) is 117 Å². The van der Waals surface area contributed by atoms with Gasteiger partial charge in [0.15, 0.2) is 11.6 Å². The van der Waals surface area contributed by atoms with Crippen LogP contribution >= 0.6 is 0 Å². The van der Waals surface area contributed by atoms with E-state index < -0.39 is 0 Å². The van der Waals surface area contributed by atoms with Crippen LogP contribution in [0.15, 0.2) is 218 Å². The van der Waals surface area contributed by atoms with Crippen LogP contribution in [-0.4, -0.2) is 28.7 Å². The topological polar surface area (TPSA) is 53.5 Å².